The van der Waals surface area contributed by atoms with Crippen molar-refractivity contribution in [1.29, 1.82) is 0 Å². The first kappa shape index (κ1) is 11.1. The molecule has 2 heterocycles. The summed E-state index contributed by atoms with van der Waals surface area (Å²) in [5.74, 6) is 1.79. The van der Waals surface area contributed by atoms with E-state index in [1.165, 1.54) is 44.3 Å². The smallest absolute Gasteiger partial charge is 0.259 e. The maximum atomic E-state index is 5.60. The molecule has 4 nitrogen and oxygen atoms in total. The molecule has 0 spiro atoms. The van der Waals surface area contributed by atoms with E-state index in [9.17, 15) is 0 Å². The first-order valence-corrected chi connectivity index (χ1v) is 6.75. The Hall–Kier alpha value is -1.03. The monoisotopic (exact) mass is 236 g/mol. The van der Waals surface area contributed by atoms with E-state index in [1.54, 1.807) is 0 Å². The number of fused-ring (bicyclic) bond motifs is 1. The van der Waals surface area contributed by atoms with Gasteiger partial charge in [-0.2, -0.15) is 0 Å². The van der Waals surface area contributed by atoms with Crippen molar-refractivity contribution in [3.63, 3.8) is 0 Å². The van der Waals surface area contributed by atoms with Gasteiger partial charge in [-0.25, -0.2) is 0 Å². The van der Waals surface area contributed by atoms with Crippen LogP contribution in [0.1, 0.15) is 50.0 Å². The lowest BCUT2D eigenvalue weighted by Gasteiger charge is -2.30. The van der Waals surface area contributed by atoms with Gasteiger partial charge in [-0.1, -0.05) is 0 Å². The lowest BCUT2D eigenvalue weighted by atomic mass is 9.92. The fraction of sp³-hybridized carbons (Fsp3) is 0.769. The minimum absolute atomic E-state index is 0.481. The summed E-state index contributed by atoms with van der Waals surface area (Å²) in [4.78, 5) is 2.57. The third-order valence-electron chi connectivity index (χ3n) is 3.85. The summed E-state index contributed by atoms with van der Waals surface area (Å²) < 4.78 is 11.0. The SMILES string of the molecule is CCOc1noc2c1[C@@H](N1CCCC1)CCC2. The molecular weight excluding hydrogens is 216 g/mol. The number of hydrogen-bond donors (Lipinski definition) is 0. The standard InChI is InChI=1S/C13H20N2O2/c1-2-16-13-12-10(15-8-3-4-9-15)6-5-7-11(12)17-14-13/h10H,2-9H2,1H3/t10-/m0/s1. The number of hydrogen-bond acceptors (Lipinski definition) is 4. The van der Waals surface area contributed by atoms with Gasteiger partial charge in [0.05, 0.1) is 12.2 Å². The van der Waals surface area contributed by atoms with E-state index < -0.39 is 0 Å². The van der Waals surface area contributed by atoms with Crippen LogP contribution in [0, 0.1) is 0 Å². The van der Waals surface area contributed by atoms with Crippen LogP contribution in [0.25, 0.3) is 0 Å². The summed E-state index contributed by atoms with van der Waals surface area (Å²) in [5, 5.41) is 4.09. The minimum Gasteiger partial charge on any atom is -0.476 e. The first-order valence-electron chi connectivity index (χ1n) is 6.75. The van der Waals surface area contributed by atoms with Gasteiger partial charge in [0.15, 0.2) is 0 Å². The number of likely N-dealkylation sites (tertiary alicyclic amines) is 1. The van der Waals surface area contributed by atoms with Crippen LogP contribution in [0.4, 0.5) is 0 Å². The molecule has 3 rings (SSSR count). The quantitative estimate of drug-likeness (QED) is 0.808. The van der Waals surface area contributed by atoms with Crippen LogP contribution in [0.2, 0.25) is 0 Å². The highest BCUT2D eigenvalue weighted by Gasteiger charge is 2.34. The molecule has 0 aromatic carbocycles. The van der Waals surface area contributed by atoms with Gasteiger partial charge in [0.2, 0.25) is 0 Å². The molecule has 0 saturated carbocycles. The van der Waals surface area contributed by atoms with Crippen LogP contribution in [-0.2, 0) is 6.42 Å². The van der Waals surface area contributed by atoms with Crippen molar-refractivity contribution >= 4 is 0 Å². The second-order valence-electron chi connectivity index (χ2n) is 4.91. The number of ether oxygens (including phenoxy) is 1. The molecule has 1 saturated heterocycles. The molecule has 1 fully saturated rings. The topological polar surface area (TPSA) is 38.5 Å². The van der Waals surface area contributed by atoms with E-state index in [4.69, 9.17) is 9.26 Å². The van der Waals surface area contributed by atoms with E-state index in [1.807, 2.05) is 6.92 Å². The molecule has 1 aliphatic carbocycles. The average Bonchev–Trinajstić information content (AvgIpc) is 2.98. The van der Waals surface area contributed by atoms with E-state index in [0.717, 1.165) is 18.1 Å². The van der Waals surface area contributed by atoms with Crippen molar-refractivity contribution < 1.29 is 9.26 Å². The molecule has 0 amide bonds. The Balaban J connectivity index is 1.90. The summed E-state index contributed by atoms with van der Waals surface area (Å²) in [6.07, 6.45) is 6.07. The normalized spacial score (nSPS) is 24.9. The molecule has 1 aromatic rings. The summed E-state index contributed by atoms with van der Waals surface area (Å²) in [6, 6.07) is 0.481. The van der Waals surface area contributed by atoms with E-state index in [0.29, 0.717) is 12.6 Å². The molecule has 1 aromatic heterocycles. The maximum absolute atomic E-state index is 5.60. The molecule has 17 heavy (non-hydrogen) atoms. The Bertz CT molecular complexity index is 383. The number of aryl methyl sites for hydroxylation is 1. The van der Waals surface area contributed by atoms with Gasteiger partial charge in [0.1, 0.15) is 5.76 Å². The zero-order valence-electron chi connectivity index (χ0n) is 10.4. The second-order valence-corrected chi connectivity index (χ2v) is 4.91. The molecule has 0 unspecified atom stereocenters. The molecule has 0 bridgehead atoms. The number of nitrogens with zero attached hydrogens (tertiary/aromatic N) is 2. The van der Waals surface area contributed by atoms with Crippen molar-refractivity contribution in [2.24, 2.45) is 0 Å². The van der Waals surface area contributed by atoms with Gasteiger partial charge in [-0.15, -0.1) is 0 Å². The molecule has 1 atom stereocenters. The van der Waals surface area contributed by atoms with Crippen LogP contribution in [0.15, 0.2) is 4.52 Å². The summed E-state index contributed by atoms with van der Waals surface area (Å²) in [7, 11) is 0. The molecule has 4 heteroatoms. The Morgan fingerprint density at radius 2 is 2.18 bits per heavy atom. The molecule has 94 valence electrons. The van der Waals surface area contributed by atoms with E-state index in [-0.39, 0.29) is 0 Å². The Labute approximate surface area is 102 Å². The Morgan fingerprint density at radius 3 is 2.94 bits per heavy atom. The van der Waals surface area contributed by atoms with Crippen molar-refractivity contribution in [3.8, 4) is 5.88 Å². The van der Waals surface area contributed by atoms with Gasteiger partial charge in [0, 0.05) is 12.5 Å². The predicted octanol–water partition coefficient (Wildman–Crippen LogP) is 2.55. The van der Waals surface area contributed by atoms with Gasteiger partial charge in [-0.05, 0) is 50.9 Å². The molecular formula is C13H20N2O2. The second kappa shape index (κ2) is 4.69. The minimum atomic E-state index is 0.481. The molecule has 0 radical (unpaired) electrons. The highest BCUT2D eigenvalue weighted by atomic mass is 16.5. The zero-order chi connectivity index (χ0) is 11.7. The summed E-state index contributed by atoms with van der Waals surface area (Å²) in [6.45, 7) is 5.07. The van der Waals surface area contributed by atoms with E-state index in [2.05, 4.69) is 10.1 Å². The average molecular weight is 236 g/mol. The van der Waals surface area contributed by atoms with Gasteiger partial charge < -0.3 is 9.26 Å². The summed E-state index contributed by atoms with van der Waals surface area (Å²) in [5.41, 5.74) is 1.24. The van der Waals surface area contributed by atoms with E-state index >= 15 is 0 Å². The molecule has 1 aliphatic heterocycles. The first-order chi connectivity index (χ1) is 8.40. The van der Waals surface area contributed by atoms with Crippen LogP contribution >= 0.6 is 0 Å². The number of rotatable bonds is 3. The van der Waals surface area contributed by atoms with Gasteiger partial charge in [0.25, 0.3) is 5.88 Å². The largest absolute Gasteiger partial charge is 0.476 e. The summed E-state index contributed by atoms with van der Waals surface area (Å²) >= 11 is 0. The molecule has 0 N–H and O–H groups in total. The fourth-order valence-electron chi connectivity index (χ4n) is 3.08. The predicted molar refractivity (Wildman–Crippen MR) is 64.2 cm³/mol. The van der Waals surface area contributed by atoms with Crippen molar-refractivity contribution in [3.05, 3.63) is 11.3 Å². The van der Waals surface area contributed by atoms with Crippen LogP contribution in [0.3, 0.4) is 0 Å². The number of aromatic nitrogens is 1. The third kappa shape index (κ3) is 1.95. The lowest BCUT2D eigenvalue weighted by molar-refractivity contribution is 0.210. The highest BCUT2D eigenvalue weighted by Crippen LogP contribution is 2.41. The Morgan fingerprint density at radius 1 is 1.35 bits per heavy atom. The van der Waals surface area contributed by atoms with Crippen molar-refractivity contribution in [1.82, 2.24) is 10.1 Å². The van der Waals surface area contributed by atoms with Crippen LogP contribution in [-0.4, -0.2) is 29.8 Å². The highest BCUT2D eigenvalue weighted by molar-refractivity contribution is 5.34. The van der Waals surface area contributed by atoms with Crippen molar-refractivity contribution in [2.75, 3.05) is 19.7 Å². The maximum Gasteiger partial charge on any atom is 0.259 e. The third-order valence-corrected chi connectivity index (χ3v) is 3.85. The van der Waals surface area contributed by atoms with Crippen molar-refractivity contribution in [2.45, 2.75) is 45.1 Å². The van der Waals surface area contributed by atoms with Gasteiger partial charge >= 0.3 is 0 Å². The fourth-order valence-corrected chi connectivity index (χ4v) is 3.08. The van der Waals surface area contributed by atoms with Gasteiger partial charge in [-0.3, -0.25) is 4.90 Å². The lowest BCUT2D eigenvalue weighted by Crippen LogP contribution is -2.28. The zero-order valence-corrected chi connectivity index (χ0v) is 10.4. The molecule has 2 aliphatic rings. The van der Waals surface area contributed by atoms with Crippen LogP contribution < -0.4 is 4.74 Å². The van der Waals surface area contributed by atoms with Crippen LogP contribution in [0.5, 0.6) is 5.88 Å². The Kier molecular flexibility index (Phi) is 3.05.